The molecular weight excluding hydrogens is 230 g/mol. The summed E-state index contributed by atoms with van der Waals surface area (Å²) in [5.74, 6) is -0.896. The molecule has 0 bridgehead atoms. The van der Waals surface area contributed by atoms with Crippen LogP contribution in [0.1, 0.15) is 35.7 Å². The minimum Gasteiger partial charge on any atom is -0.478 e. The van der Waals surface area contributed by atoms with Gasteiger partial charge in [0.1, 0.15) is 0 Å². The summed E-state index contributed by atoms with van der Waals surface area (Å²) < 4.78 is 5.44. The van der Waals surface area contributed by atoms with Gasteiger partial charge in [0.2, 0.25) is 0 Å². The Morgan fingerprint density at radius 1 is 1.39 bits per heavy atom. The zero-order valence-electron chi connectivity index (χ0n) is 11.0. The molecule has 0 aromatic heterocycles. The molecule has 0 aliphatic carbocycles. The van der Waals surface area contributed by atoms with E-state index in [9.17, 15) is 4.79 Å². The first kappa shape index (κ1) is 14.5. The molecule has 1 rings (SSSR count). The maximum atomic E-state index is 10.8. The number of anilines is 1. The van der Waals surface area contributed by atoms with Crippen LogP contribution >= 0.6 is 0 Å². The summed E-state index contributed by atoms with van der Waals surface area (Å²) in [6.45, 7) is 6.23. The number of carboxylic acids is 1. The van der Waals surface area contributed by atoms with E-state index in [2.05, 4.69) is 12.2 Å². The van der Waals surface area contributed by atoms with Gasteiger partial charge in [-0.1, -0.05) is 13.3 Å². The number of aryl methyl sites for hydroxylation is 1. The van der Waals surface area contributed by atoms with Crippen molar-refractivity contribution in [1.29, 1.82) is 0 Å². The van der Waals surface area contributed by atoms with Crippen molar-refractivity contribution < 1.29 is 14.6 Å². The fourth-order valence-corrected chi connectivity index (χ4v) is 1.60. The number of benzene rings is 1. The van der Waals surface area contributed by atoms with E-state index >= 15 is 0 Å². The van der Waals surface area contributed by atoms with Crippen LogP contribution in [-0.4, -0.2) is 30.8 Å². The Balaban J connectivity index is 2.36. The molecule has 0 saturated carbocycles. The van der Waals surface area contributed by atoms with Crippen LogP contribution < -0.4 is 5.32 Å². The molecule has 0 saturated heterocycles. The average molecular weight is 251 g/mol. The van der Waals surface area contributed by atoms with E-state index in [1.165, 1.54) is 0 Å². The van der Waals surface area contributed by atoms with Crippen LogP contribution in [0, 0.1) is 6.92 Å². The summed E-state index contributed by atoms with van der Waals surface area (Å²) in [6.07, 6.45) is 2.23. The lowest BCUT2D eigenvalue weighted by Crippen LogP contribution is -2.11. The van der Waals surface area contributed by atoms with E-state index in [-0.39, 0.29) is 0 Å². The van der Waals surface area contributed by atoms with E-state index < -0.39 is 5.97 Å². The normalized spacial score (nSPS) is 10.3. The second-order valence-corrected chi connectivity index (χ2v) is 4.23. The molecule has 0 fully saturated rings. The molecule has 0 aliphatic rings. The summed E-state index contributed by atoms with van der Waals surface area (Å²) in [4.78, 5) is 10.8. The number of carboxylic acid groups (broad SMARTS) is 1. The lowest BCUT2D eigenvalue weighted by atomic mass is 10.1. The standard InChI is InChI=1S/C14H21NO3/c1-3-4-8-18-9-7-15-13-6-5-12(14(16)17)10-11(13)2/h5-6,10,15H,3-4,7-9H2,1-2H3,(H,16,17). The molecule has 1 aromatic carbocycles. The molecule has 4 heteroatoms. The topological polar surface area (TPSA) is 58.6 Å². The quantitative estimate of drug-likeness (QED) is 0.697. The molecule has 0 amide bonds. The molecule has 4 nitrogen and oxygen atoms in total. The maximum absolute atomic E-state index is 10.8. The van der Waals surface area contributed by atoms with Gasteiger partial charge in [0.15, 0.2) is 0 Å². The highest BCUT2D eigenvalue weighted by Gasteiger charge is 2.04. The van der Waals surface area contributed by atoms with Gasteiger partial charge < -0.3 is 15.2 Å². The average Bonchev–Trinajstić information content (AvgIpc) is 2.35. The predicted molar refractivity (Wildman–Crippen MR) is 72.4 cm³/mol. The molecule has 0 radical (unpaired) electrons. The summed E-state index contributed by atoms with van der Waals surface area (Å²) in [7, 11) is 0. The Morgan fingerprint density at radius 3 is 2.78 bits per heavy atom. The van der Waals surface area contributed by atoms with Crippen molar-refractivity contribution in [2.75, 3.05) is 25.1 Å². The highest BCUT2D eigenvalue weighted by atomic mass is 16.5. The Morgan fingerprint density at radius 2 is 2.17 bits per heavy atom. The number of ether oxygens (including phenoxy) is 1. The molecule has 0 atom stereocenters. The summed E-state index contributed by atoms with van der Waals surface area (Å²) in [5, 5.41) is 12.1. The monoisotopic (exact) mass is 251 g/mol. The number of nitrogens with one attached hydrogen (secondary N) is 1. The smallest absolute Gasteiger partial charge is 0.335 e. The highest BCUT2D eigenvalue weighted by molar-refractivity contribution is 5.88. The van der Waals surface area contributed by atoms with Gasteiger partial charge in [0.25, 0.3) is 0 Å². The summed E-state index contributed by atoms with van der Waals surface area (Å²) in [5.41, 5.74) is 2.21. The van der Waals surface area contributed by atoms with Crippen molar-refractivity contribution in [3.05, 3.63) is 29.3 Å². The lowest BCUT2D eigenvalue weighted by Gasteiger charge is -2.10. The molecule has 1 aromatic rings. The van der Waals surface area contributed by atoms with Crippen molar-refractivity contribution in [2.24, 2.45) is 0 Å². The summed E-state index contributed by atoms with van der Waals surface area (Å²) in [6, 6.07) is 5.07. The van der Waals surface area contributed by atoms with Gasteiger partial charge in [-0.25, -0.2) is 4.79 Å². The maximum Gasteiger partial charge on any atom is 0.335 e. The van der Waals surface area contributed by atoms with Crippen molar-refractivity contribution >= 4 is 11.7 Å². The van der Waals surface area contributed by atoms with Crippen LogP contribution in [0.2, 0.25) is 0 Å². The molecule has 0 heterocycles. The Kier molecular flexibility index (Phi) is 6.22. The van der Waals surface area contributed by atoms with Crippen molar-refractivity contribution in [2.45, 2.75) is 26.7 Å². The minimum absolute atomic E-state index is 0.317. The Hall–Kier alpha value is -1.55. The predicted octanol–water partition coefficient (Wildman–Crippen LogP) is 2.92. The zero-order valence-corrected chi connectivity index (χ0v) is 11.0. The fourth-order valence-electron chi connectivity index (χ4n) is 1.60. The molecule has 2 N–H and O–H groups in total. The van der Waals surface area contributed by atoms with Gasteiger partial charge in [-0.3, -0.25) is 0 Å². The molecular formula is C14H21NO3. The number of aromatic carboxylic acids is 1. The van der Waals surface area contributed by atoms with Crippen molar-refractivity contribution in [1.82, 2.24) is 0 Å². The number of hydrogen-bond donors (Lipinski definition) is 2. The molecule has 0 spiro atoms. The van der Waals surface area contributed by atoms with Gasteiger partial charge >= 0.3 is 5.97 Å². The first-order chi connectivity index (χ1) is 8.65. The summed E-state index contributed by atoms with van der Waals surface area (Å²) >= 11 is 0. The second-order valence-electron chi connectivity index (χ2n) is 4.23. The zero-order chi connectivity index (χ0) is 13.4. The van der Waals surface area contributed by atoms with Crippen LogP contribution in [0.5, 0.6) is 0 Å². The minimum atomic E-state index is -0.896. The van der Waals surface area contributed by atoms with E-state index in [1.807, 2.05) is 6.92 Å². The van der Waals surface area contributed by atoms with Gasteiger partial charge in [0, 0.05) is 18.8 Å². The number of unbranched alkanes of at least 4 members (excludes halogenated alkanes) is 1. The van der Waals surface area contributed by atoms with Crippen molar-refractivity contribution in [3.63, 3.8) is 0 Å². The highest BCUT2D eigenvalue weighted by Crippen LogP contribution is 2.16. The van der Waals surface area contributed by atoms with Gasteiger partial charge in [-0.2, -0.15) is 0 Å². The SMILES string of the molecule is CCCCOCCNc1ccc(C(=O)O)cc1C. The van der Waals surface area contributed by atoms with Crippen LogP contribution in [-0.2, 0) is 4.74 Å². The van der Waals surface area contributed by atoms with Gasteiger partial charge in [-0.15, -0.1) is 0 Å². The second kappa shape index (κ2) is 7.71. The molecule has 100 valence electrons. The molecule has 0 unspecified atom stereocenters. The fraction of sp³-hybridized carbons (Fsp3) is 0.500. The van der Waals surface area contributed by atoms with Crippen LogP contribution in [0.4, 0.5) is 5.69 Å². The number of carbonyl (C=O) groups is 1. The van der Waals surface area contributed by atoms with E-state index in [4.69, 9.17) is 9.84 Å². The van der Waals surface area contributed by atoms with Gasteiger partial charge in [0.05, 0.1) is 12.2 Å². The first-order valence-corrected chi connectivity index (χ1v) is 6.30. The third kappa shape index (κ3) is 4.75. The van der Waals surface area contributed by atoms with Crippen LogP contribution in [0.3, 0.4) is 0 Å². The van der Waals surface area contributed by atoms with E-state index in [1.54, 1.807) is 18.2 Å². The largest absolute Gasteiger partial charge is 0.478 e. The van der Waals surface area contributed by atoms with E-state index in [0.29, 0.717) is 12.2 Å². The van der Waals surface area contributed by atoms with Crippen LogP contribution in [0.25, 0.3) is 0 Å². The third-order valence-corrected chi connectivity index (χ3v) is 2.68. The third-order valence-electron chi connectivity index (χ3n) is 2.68. The Labute approximate surface area is 108 Å². The van der Waals surface area contributed by atoms with Crippen LogP contribution in [0.15, 0.2) is 18.2 Å². The van der Waals surface area contributed by atoms with Crippen molar-refractivity contribution in [3.8, 4) is 0 Å². The van der Waals surface area contributed by atoms with E-state index in [0.717, 1.165) is 37.2 Å². The molecule has 0 aliphatic heterocycles. The first-order valence-electron chi connectivity index (χ1n) is 6.30. The number of rotatable bonds is 8. The lowest BCUT2D eigenvalue weighted by molar-refractivity contribution is 0.0697. The number of hydrogen-bond acceptors (Lipinski definition) is 3. The van der Waals surface area contributed by atoms with Gasteiger partial charge in [-0.05, 0) is 37.1 Å². The molecule has 18 heavy (non-hydrogen) atoms. The Bertz CT molecular complexity index is 391.